The second-order valence-corrected chi connectivity index (χ2v) is 22.6. The summed E-state index contributed by atoms with van der Waals surface area (Å²) in [6.45, 7) is 7.52. The van der Waals surface area contributed by atoms with Crippen molar-refractivity contribution in [2.24, 2.45) is 0 Å². The molecule has 10 nitrogen and oxygen atoms in total. The molecular weight excluding hydrogens is 1100 g/mol. The molecule has 0 radical (unpaired) electrons. The van der Waals surface area contributed by atoms with Gasteiger partial charge in [-0.15, -0.1) is 0 Å². The lowest BCUT2D eigenvalue weighted by molar-refractivity contribution is 0.995. The standard InChI is InChI=1S/C80H44N10/c1-84-58-28-32-60(33-29-58)88-73-15-7-3-11-63(73)67-42-54(25-35-77(67)88)56-27-37-79-69(44-56)65-13-5-9-17-75(65)90(79)80-85-70(52-22-18-49(46-81)19-23-52)45-71(86-80)57-38-51(48-83)39-61(40-57)89-74-16-8-4-12-64(74)68-43-55(26-36-78(68)89)53-24-34-76-66(41-53)62-10-2-6-14-72(62)87(76)59-30-20-50(47-82)21-31-59/h2-45H. The third-order valence-corrected chi connectivity index (χ3v) is 17.7. The summed E-state index contributed by atoms with van der Waals surface area (Å²) in [5.74, 6) is 0.453. The number of nitrogens with zero attached hydrogens (tertiary/aromatic N) is 10. The van der Waals surface area contributed by atoms with Crippen molar-refractivity contribution in [1.29, 1.82) is 15.8 Å². The number of fused-ring (bicyclic) bond motifs is 12. The topological polar surface area (TPSA) is 121 Å². The lowest BCUT2D eigenvalue weighted by Gasteiger charge is -2.14. The third-order valence-electron chi connectivity index (χ3n) is 17.7. The minimum Gasteiger partial charge on any atom is -0.309 e. The molecule has 414 valence electrons. The Morgan fingerprint density at radius 2 is 0.622 bits per heavy atom. The first-order chi connectivity index (χ1) is 44.4. The Morgan fingerprint density at radius 1 is 0.278 bits per heavy atom. The molecular formula is C80H44N10. The number of aromatic nitrogens is 6. The van der Waals surface area contributed by atoms with Gasteiger partial charge < -0.3 is 13.7 Å². The summed E-state index contributed by atoms with van der Waals surface area (Å²) in [4.78, 5) is 14.5. The van der Waals surface area contributed by atoms with E-state index in [4.69, 9.17) is 16.5 Å². The number of nitriles is 3. The van der Waals surface area contributed by atoms with Crippen LogP contribution in [0.15, 0.2) is 267 Å². The average Bonchev–Trinajstić information content (AvgIpc) is 1.64. The Bertz CT molecular complexity index is 6070. The van der Waals surface area contributed by atoms with Gasteiger partial charge >= 0.3 is 0 Å². The molecule has 0 aliphatic heterocycles. The quantitative estimate of drug-likeness (QED) is 0.140. The van der Waals surface area contributed by atoms with Gasteiger partial charge in [-0.25, -0.2) is 14.8 Å². The zero-order chi connectivity index (χ0) is 60.1. The summed E-state index contributed by atoms with van der Waals surface area (Å²) in [7, 11) is 0. The van der Waals surface area contributed by atoms with E-state index in [1.54, 1.807) is 12.1 Å². The van der Waals surface area contributed by atoms with Crippen LogP contribution in [-0.2, 0) is 0 Å². The molecule has 0 N–H and O–H groups in total. The fourth-order valence-electron chi connectivity index (χ4n) is 13.5. The van der Waals surface area contributed by atoms with Gasteiger partial charge in [0, 0.05) is 71.3 Å². The molecule has 0 atom stereocenters. The number of benzene rings is 12. The van der Waals surface area contributed by atoms with E-state index in [1.807, 2.05) is 84.9 Å². The molecule has 0 aliphatic carbocycles. The van der Waals surface area contributed by atoms with E-state index in [0.29, 0.717) is 39.7 Å². The zero-order valence-corrected chi connectivity index (χ0v) is 47.9. The van der Waals surface area contributed by atoms with Gasteiger partial charge in [-0.05, 0) is 168 Å². The molecule has 0 saturated heterocycles. The van der Waals surface area contributed by atoms with Crippen LogP contribution in [0.4, 0.5) is 5.69 Å². The number of para-hydroxylation sites is 4. The van der Waals surface area contributed by atoms with E-state index in [2.05, 4.69) is 211 Å². The van der Waals surface area contributed by atoms with Crippen molar-refractivity contribution in [3.8, 4) is 86.0 Å². The summed E-state index contributed by atoms with van der Waals surface area (Å²) in [5, 5.41) is 39.0. The van der Waals surface area contributed by atoms with Crippen LogP contribution >= 0.6 is 0 Å². The first kappa shape index (κ1) is 51.3. The van der Waals surface area contributed by atoms with Crippen LogP contribution in [-0.4, -0.2) is 28.2 Å². The van der Waals surface area contributed by atoms with Crippen molar-refractivity contribution in [2.45, 2.75) is 0 Å². The van der Waals surface area contributed by atoms with E-state index >= 15 is 0 Å². The molecule has 0 fully saturated rings. The van der Waals surface area contributed by atoms with Crippen LogP contribution in [0.2, 0.25) is 0 Å². The van der Waals surface area contributed by atoms with Crippen molar-refractivity contribution in [3.05, 3.63) is 295 Å². The second kappa shape index (κ2) is 20.3. The smallest absolute Gasteiger partial charge is 0.235 e. The molecule has 5 aromatic heterocycles. The van der Waals surface area contributed by atoms with Crippen molar-refractivity contribution in [3.63, 3.8) is 0 Å². The molecule has 17 rings (SSSR count). The summed E-state index contributed by atoms with van der Waals surface area (Å²) < 4.78 is 8.90. The fourth-order valence-corrected chi connectivity index (χ4v) is 13.5. The third kappa shape index (κ3) is 8.08. The minimum atomic E-state index is 0.453. The maximum atomic E-state index is 10.9. The first-order valence-corrected chi connectivity index (χ1v) is 29.5. The highest BCUT2D eigenvalue weighted by atomic mass is 15.2. The van der Waals surface area contributed by atoms with Crippen molar-refractivity contribution in [1.82, 2.24) is 28.2 Å². The number of hydrogen-bond donors (Lipinski definition) is 0. The van der Waals surface area contributed by atoms with Gasteiger partial charge in [0.25, 0.3) is 0 Å². The number of rotatable bonds is 8. The summed E-state index contributed by atoms with van der Waals surface area (Å²) in [6, 6.07) is 98.1. The highest BCUT2D eigenvalue weighted by molar-refractivity contribution is 6.15. The van der Waals surface area contributed by atoms with Gasteiger partial charge in [-0.2, -0.15) is 15.8 Å². The predicted octanol–water partition coefficient (Wildman–Crippen LogP) is 19.7. The SMILES string of the molecule is [C-]#[N+]c1ccc(-n2c3ccccc3c3cc(-c4ccc5c(c4)c4ccccc4n5-c4nc(-c5ccc(C#N)cc5)cc(-c5cc(C#N)cc(-n6c7ccccc7c7cc(-c8ccc9c(c8)c8ccccc8n9-c8ccc(C#N)cc8)ccc76)c5)n4)ccc32)cc1. The maximum Gasteiger partial charge on any atom is 0.235 e. The van der Waals surface area contributed by atoms with Gasteiger partial charge in [0.2, 0.25) is 5.95 Å². The van der Waals surface area contributed by atoms with Crippen molar-refractivity contribution < 1.29 is 0 Å². The van der Waals surface area contributed by atoms with Crippen LogP contribution < -0.4 is 0 Å². The normalized spacial score (nSPS) is 11.5. The van der Waals surface area contributed by atoms with Crippen LogP contribution in [0.1, 0.15) is 16.7 Å². The molecule has 0 amide bonds. The highest BCUT2D eigenvalue weighted by Gasteiger charge is 2.22. The molecule has 0 aliphatic rings. The van der Waals surface area contributed by atoms with Crippen molar-refractivity contribution >= 4 is 92.9 Å². The second-order valence-electron chi connectivity index (χ2n) is 22.6. The van der Waals surface area contributed by atoms with Gasteiger partial charge in [-0.3, -0.25) is 4.57 Å². The maximum absolute atomic E-state index is 10.9. The average molecular weight is 1150 g/mol. The van der Waals surface area contributed by atoms with Crippen LogP contribution in [0.3, 0.4) is 0 Å². The fraction of sp³-hybridized carbons (Fsp3) is 0. The van der Waals surface area contributed by atoms with Crippen LogP contribution in [0.5, 0.6) is 0 Å². The van der Waals surface area contributed by atoms with Crippen molar-refractivity contribution in [2.75, 3.05) is 0 Å². The molecule has 0 unspecified atom stereocenters. The van der Waals surface area contributed by atoms with Crippen LogP contribution in [0.25, 0.3) is 160 Å². The lowest BCUT2D eigenvalue weighted by atomic mass is 10.0. The Morgan fingerprint density at radius 3 is 1.04 bits per heavy atom. The summed E-state index contributed by atoms with van der Waals surface area (Å²) in [6.07, 6.45) is 0. The molecule has 5 heterocycles. The predicted molar refractivity (Wildman–Crippen MR) is 362 cm³/mol. The van der Waals surface area contributed by atoms with E-state index in [-0.39, 0.29) is 0 Å². The van der Waals surface area contributed by atoms with Gasteiger partial charge in [0.15, 0.2) is 5.69 Å². The first-order valence-electron chi connectivity index (χ1n) is 29.5. The minimum absolute atomic E-state index is 0.453. The molecule has 0 spiro atoms. The summed E-state index contributed by atoms with van der Waals surface area (Å²) in [5.41, 5.74) is 20.3. The Labute approximate surface area is 515 Å². The van der Waals surface area contributed by atoms with Crippen LogP contribution in [0, 0.1) is 40.6 Å². The monoisotopic (exact) mass is 1140 g/mol. The number of hydrogen-bond acceptors (Lipinski definition) is 5. The van der Waals surface area contributed by atoms with Gasteiger partial charge in [-0.1, -0.05) is 121 Å². The van der Waals surface area contributed by atoms with Gasteiger partial charge in [0.1, 0.15) is 0 Å². The molecule has 12 aromatic carbocycles. The lowest BCUT2D eigenvalue weighted by Crippen LogP contribution is -2.04. The zero-order valence-electron chi connectivity index (χ0n) is 47.9. The summed E-state index contributed by atoms with van der Waals surface area (Å²) >= 11 is 0. The molecule has 90 heavy (non-hydrogen) atoms. The Balaban J connectivity index is 0.797. The largest absolute Gasteiger partial charge is 0.309 e. The molecule has 0 bridgehead atoms. The van der Waals surface area contributed by atoms with E-state index in [9.17, 15) is 15.8 Å². The van der Waals surface area contributed by atoms with E-state index < -0.39 is 0 Å². The van der Waals surface area contributed by atoms with E-state index in [1.165, 1.54) is 0 Å². The Hall–Kier alpha value is -13.1. The van der Waals surface area contributed by atoms with Gasteiger partial charge in [0.05, 0.1) is 97.0 Å². The molecule has 10 heteroatoms. The molecule has 0 saturated carbocycles. The molecule has 17 aromatic rings. The highest BCUT2D eigenvalue weighted by Crippen LogP contribution is 2.42. The Kier molecular flexibility index (Phi) is 11.6. The van der Waals surface area contributed by atoms with E-state index in [0.717, 1.165) is 138 Å².